The summed E-state index contributed by atoms with van der Waals surface area (Å²) in [5, 5.41) is 1.65. The molecule has 4 N–H and O–H groups in total. The first kappa shape index (κ1) is 52.5. The van der Waals surface area contributed by atoms with Crippen molar-refractivity contribution in [2.24, 2.45) is 11.5 Å². The number of ether oxygens (including phenoxy) is 2. The van der Waals surface area contributed by atoms with Gasteiger partial charge in [0.05, 0.1) is 30.9 Å². The van der Waals surface area contributed by atoms with Gasteiger partial charge in [0.2, 0.25) is 11.8 Å². The molecule has 4 aliphatic heterocycles. The molecule has 14 nitrogen and oxygen atoms in total. The highest BCUT2D eigenvalue weighted by Gasteiger charge is 2.44. The maximum atomic E-state index is 15.8. The monoisotopic (exact) mass is 1070 g/mol. The molecule has 4 aliphatic rings. The van der Waals surface area contributed by atoms with Gasteiger partial charge in [-0.3, -0.25) is 29.0 Å². The standard InChI is InChI=1S/C56H61Cl2F3N8O6/c1-32-28-67(29-33(2)75-32)56(73)49-39(30-64-19-15-34(16-20-64)47-41(57)8-5-10-43(47)60)37-7-3-4-12-45(37)68(49)51(53(62)70)52(54(63)71)69-46-14-13-36(59)27-38(46)40(50(69)55(72)66-23-25-74-26-24-66)31-65-21-17-35(18-22-65)48-42(58)9-6-11-44(48)61/h3-14,27,32-35,51-52H,15-26,28-31H2,1-2H3,(H2,62,70)(H2,63,71). The van der Waals surface area contributed by atoms with Crippen LogP contribution in [-0.4, -0.2) is 130 Å². The lowest BCUT2D eigenvalue weighted by Gasteiger charge is -2.37. The van der Waals surface area contributed by atoms with Crippen LogP contribution in [0.15, 0.2) is 78.9 Å². The second-order valence-corrected chi connectivity index (χ2v) is 21.3. The van der Waals surface area contributed by atoms with Crippen molar-refractivity contribution in [2.75, 3.05) is 65.6 Å². The summed E-state index contributed by atoms with van der Waals surface area (Å²) >= 11 is 13.1. The van der Waals surface area contributed by atoms with E-state index in [-0.39, 0.29) is 105 Å². The van der Waals surface area contributed by atoms with E-state index < -0.39 is 41.5 Å². The predicted octanol–water partition coefficient (Wildman–Crippen LogP) is 8.55. The number of piperidine rings is 2. The quantitative estimate of drug-likeness (QED) is 0.116. The molecule has 4 atom stereocenters. The van der Waals surface area contributed by atoms with Crippen molar-refractivity contribution in [2.45, 2.75) is 88.7 Å². The number of nitrogens with two attached hydrogens (primary N) is 2. The number of halogens is 5. The number of carbonyl (C=O) groups is 4. The number of rotatable bonds is 13. The van der Waals surface area contributed by atoms with Crippen molar-refractivity contribution in [1.29, 1.82) is 0 Å². The van der Waals surface area contributed by atoms with E-state index in [1.165, 1.54) is 39.5 Å². The average Bonchev–Trinajstić information content (AvgIpc) is 3.94. The summed E-state index contributed by atoms with van der Waals surface area (Å²) < 4.78 is 60.8. The lowest BCUT2D eigenvalue weighted by molar-refractivity contribution is -0.129. The molecule has 75 heavy (non-hydrogen) atoms. The Kier molecular flexibility index (Phi) is 15.4. The Balaban J connectivity index is 1.12. The normalized spacial score (nSPS) is 20.5. The fraction of sp³-hybridized carbons (Fsp3) is 0.429. The summed E-state index contributed by atoms with van der Waals surface area (Å²) in [5.74, 6) is -4.65. The molecule has 0 spiro atoms. The molecule has 6 heterocycles. The predicted molar refractivity (Wildman–Crippen MR) is 280 cm³/mol. The van der Waals surface area contributed by atoms with E-state index in [9.17, 15) is 9.59 Å². The van der Waals surface area contributed by atoms with Crippen LogP contribution in [0.2, 0.25) is 10.0 Å². The van der Waals surface area contributed by atoms with Gasteiger partial charge in [0, 0.05) is 87.9 Å². The number of morpholine rings is 2. The van der Waals surface area contributed by atoms with Crippen molar-refractivity contribution in [3.05, 3.63) is 140 Å². The van der Waals surface area contributed by atoms with Crippen LogP contribution in [0.4, 0.5) is 13.2 Å². The van der Waals surface area contributed by atoms with Gasteiger partial charge in [-0.15, -0.1) is 0 Å². The van der Waals surface area contributed by atoms with E-state index in [1.807, 2.05) is 26.0 Å². The smallest absolute Gasteiger partial charge is 0.271 e. The molecule has 0 aliphatic carbocycles. The SMILES string of the molecule is CC1CN(C(=O)c2c(CN3CCC(c4c(F)cccc4Cl)CC3)c3ccccc3n2C(C(N)=O)C(C(N)=O)n2c(C(=O)N3CCOCC3)c(CN3CCC(c4c(F)cccc4Cl)CC3)c3cc(F)ccc32)CC(C)O1. The lowest BCUT2D eigenvalue weighted by atomic mass is 9.88. The van der Waals surface area contributed by atoms with Gasteiger partial charge in [-0.05, 0) is 126 Å². The number of primary amides is 2. The molecule has 4 aromatic carbocycles. The van der Waals surface area contributed by atoms with E-state index in [4.69, 9.17) is 44.1 Å². The Labute approximate surface area is 443 Å². The first-order chi connectivity index (χ1) is 36.1. The van der Waals surface area contributed by atoms with E-state index in [0.29, 0.717) is 100 Å². The van der Waals surface area contributed by atoms with Crippen LogP contribution in [0.1, 0.15) is 107 Å². The molecular formula is C56H61Cl2F3N8O6. The van der Waals surface area contributed by atoms with Gasteiger partial charge in [-0.25, -0.2) is 13.2 Å². The largest absolute Gasteiger partial charge is 0.378 e. The number of para-hydroxylation sites is 1. The molecule has 0 bridgehead atoms. The second-order valence-electron chi connectivity index (χ2n) is 20.5. The van der Waals surface area contributed by atoms with Crippen LogP contribution in [0.25, 0.3) is 21.8 Å². The Bertz CT molecular complexity index is 3110. The van der Waals surface area contributed by atoms with Crippen molar-refractivity contribution in [3.63, 3.8) is 0 Å². The highest BCUT2D eigenvalue weighted by Crippen LogP contribution is 2.43. The number of hydrogen-bond acceptors (Lipinski definition) is 8. The lowest BCUT2D eigenvalue weighted by Crippen LogP contribution is -2.50. The number of benzene rings is 4. The summed E-state index contributed by atoms with van der Waals surface area (Å²) in [7, 11) is 0. The van der Waals surface area contributed by atoms with Gasteiger partial charge in [0.1, 0.15) is 40.9 Å². The van der Waals surface area contributed by atoms with Gasteiger partial charge in [-0.2, -0.15) is 0 Å². The van der Waals surface area contributed by atoms with Crippen molar-refractivity contribution in [3.8, 4) is 0 Å². The molecule has 10 rings (SSSR count). The van der Waals surface area contributed by atoms with E-state index in [2.05, 4.69) is 9.80 Å². The van der Waals surface area contributed by atoms with Crippen molar-refractivity contribution in [1.82, 2.24) is 28.7 Å². The molecule has 6 aromatic rings. The van der Waals surface area contributed by atoms with Crippen LogP contribution < -0.4 is 11.5 Å². The fourth-order valence-electron chi connectivity index (χ4n) is 12.3. The molecule has 19 heteroatoms. The van der Waals surface area contributed by atoms with E-state index in [1.54, 1.807) is 46.2 Å². The number of fused-ring (bicyclic) bond motifs is 2. The molecule has 396 valence electrons. The third-order valence-corrected chi connectivity index (χ3v) is 16.3. The van der Waals surface area contributed by atoms with Crippen LogP contribution in [0.3, 0.4) is 0 Å². The number of hydrogen-bond donors (Lipinski definition) is 2. The van der Waals surface area contributed by atoms with Crippen LogP contribution in [0.5, 0.6) is 0 Å². The number of likely N-dealkylation sites (tertiary alicyclic amines) is 2. The molecule has 4 fully saturated rings. The fourth-order valence-corrected chi connectivity index (χ4v) is 12.9. The van der Waals surface area contributed by atoms with Crippen molar-refractivity contribution < 1.29 is 41.8 Å². The Morgan fingerprint density at radius 2 is 1.07 bits per heavy atom. The number of carbonyl (C=O) groups excluding carboxylic acids is 4. The zero-order valence-electron chi connectivity index (χ0n) is 42.0. The van der Waals surface area contributed by atoms with Gasteiger partial charge in [0.25, 0.3) is 11.8 Å². The Hall–Kier alpha value is -5.95. The van der Waals surface area contributed by atoms with Gasteiger partial charge in [0.15, 0.2) is 0 Å². The van der Waals surface area contributed by atoms with Crippen LogP contribution in [0, 0.1) is 17.5 Å². The van der Waals surface area contributed by atoms with E-state index >= 15 is 22.8 Å². The maximum absolute atomic E-state index is 15.8. The number of nitrogens with zero attached hydrogens (tertiary/aromatic N) is 6. The van der Waals surface area contributed by atoms with Crippen LogP contribution >= 0.6 is 23.2 Å². The van der Waals surface area contributed by atoms with Crippen LogP contribution in [-0.2, 0) is 32.2 Å². The minimum atomic E-state index is -1.77. The number of aromatic nitrogens is 2. The Morgan fingerprint density at radius 1 is 0.600 bits per heavy atom. The van der Waals surface area contributed by atoms with Gasteiger partial charge in [-0.1, -0.05) is 53.5 Å². The summed E-state index contributed by atoms with van der Waals surface area (Å²) in [6.45, 7) is 7.37. The second kappa shape index (κ2) is 22.0. The molecule has 2 aromatic heterocycles. The van der Waals surface area contributed by atoms with E-state index in [0.717, 1.165) is 0 Å². The molecule has 4 saturated heterocycles. The Morgan fingerprint density at radius 3 is 1.56 bits per heavy atom. The first-order valence-electron chi connectivity index (χ1n) is 25.8. The highest BCUT2D eigenvalue weighted by atomic mass is 35.5. The zero-order chi connectivity index (χ0) is 52.8. The summed E-state index contributed by atoms with van der Waals surface area (Å²) in [5.41, 5.74) is 15.8. The summed E-state index contributed by atoms with van der Waals surface area (Å²) in [6, 6.07) is 17.0. The topological polar surface area (TPSA) is 162 Å². The molecule has 0 radical (unpaired) electrons. The summed E-state index contributed by atoms with van der Waals surface area (Å²) in [4.78, 5) is 68.2. The van der Waals surface area contributed by atoms with Crippen molar-refractivity contribution >= 4 is 68.6 Å². The molecular weight excluding hydrogens is 1010 g/mol. The zero-order valence-corrected chi connectivity index (χ0v) is 43.5. The summed E-state index contributed by atoms with van der Waals surface area (Å²) in [6.07, 6.45) is 1.55. The molecule has 4 unspecified atom stereocenters. The average molecular weight is 1070 g/mol. The molecule has 0 saturated carbocycles. The highest BCUT2D eigenvalue weighted by molar-refractivity contribution is 6.31. The van der Waals surface area contributed by atoms with Gasteiger partial charge < -0.3 is 39.9 Å². The minimum absolute atomic E-state index is 0.00467. The number of amides is 4. The van der Waals surface area contributed by atoms with Gasteiger partial charge >= 0.3 is 0 Å². The molecule has 4 amide bonds. The maximum Gasteiger partial charge on any atom is 0.271 e. The minimum Gasteiger partial charge on any atom is -0.378 e. The first-order valence-corrected chi connectivity index (χ1v) is 26.5. The third kappa shape index (κ3) is 10.3. The third-order valence-electron chi connectivity index (χ3n) is 15.7.